The molecule has 0 unspecified atom stereocenters. The lowest BCUT2D eigenvalue weighted by Crippen LogP contribution is -2.49. The van der Waals surface area contributed by atoms with Crippen LogP contribution >= 0.6 is 11.6 Å². The van der Waals surface area contributed by atoms with Crippen molar-refractivity contribution in [1.29, 1.82) is 0 Å². The lowest BCUT2D eigenvalue weighted by molar-refractivity contribution is 0.0855. The van der Waals surface area contributed by atoms with Gasteiger partial charge in [-0.05, 0) is 43.5 Å². The summed E-state index contributed by atoms with van der Waals surface area (Å²) in [5.41, 5.74) is 1.08. The van der Waals surface area contributed by atoms with Gasteiger partial charge in [-0.25, -0.2) is 8.42 Å². The van der Waals surface area contributed by atoms with E-state index in [4.69, 9.17) is 16.3 Å². The maximum Gasteiger partial charge on any atom is 0.263 e. The number of hydrogen-bond acceptors (Lipinski definition) is 6. The Hall–Kier alpha value is -2.14. The summed E-state index contributed by atoms with van der Waals surface area (Å²) in [6, 6.07) is 7.49. The van der Waals surface area contributed by atoms with E-state index in [2.05, 4.69) is 15.3 Å². The van der Waals surface area contributed by atoms with E-state index in [1.54, 1.807) is 0 Å². The highest BCUT2D eigenvalue weighted by molar-refractivity contribution is 7.89. The average Bonchev–Trinajstić information content (AvgIpc) is 3.49. The van der Waals surface area contributed by atoms with Crippen LogP contribution in [0.15, 0.2) is 35.5 Å². The number of hydrogen-bond donors (Lipinski definition) is 1. The molecule has 1 aromatic carbocycles. The molecule has 180 valence electrons. The summed E-state index contributed by atoms with van der Waals surface area (Å²) in [4.78, 5) is 15.0. The predicted molar refractivity (Wildman–Crippen MR) is 126 cm³/mol. The largest absolute Gasteiger partial charge is 0.376 e. The fourth-order valence-corrected chi connectivity index (χ4v) is 5.81. The average molecular weight is 496 g/mol. The molecule has 2 fully saturated rings. The quantitative estimate of drug-likeness (QED) is 0.604. The van der Waals surface area contributed by atoms with Gasteiger partial charge in [0.05, 0.1) is 11.7 Å². The van der Waals surface area contributed by atoms with Crippen molar-refractivity contribution in [2.24, 2.45) is 0 Å². The SMILES string of the molecule is CCCn1cc(C(=O)NC[C@@H]2CCCO2)c(S(=O)(=O)N2CCN(c3ccc(Cl)cc3)CC2)n1. The Kier molecular flexibility index (Phi) is 7.58. The van der Waals surface area contributed by atoms with Crippen LogP contribution < -0.4 is 10.2 Å². The Morgan fingerprint density at radius 2 is 1.94 bits per heavy atom. The van der Waals surface area contributed by atoms with Crippen LogP contribution in [0, 0.1) is 0 Å². The second kappa shape index (κ2) is 10.4. The molecule has 2 aromatic rings. The van der Waals surface area contributed by atoms with Crippen LogP contribution in [0.25, 0.3) is 0 Å². The van der Waals surface area contributed by atoms with Crippen LogP contribution in [0.4, 0.5) is 5.69 Å². The third-order valence-corrected chi connectivity index (χ3v) is 8.04. The summed E-state index contributed by atoms with van der Waals surface area (Å²) < 4.78 is 35.5. The number of halogens is 1. The number of piperazine rings is 1. The van der Waals surface area contributed by atoms with Crippen LogP contribution in [0.3, 0.4) is 0 Å². The molecule has 3 heterocycles. The number of aromatic nitrogens is 2. The number of amides is 1. The van der Waals surface area contributed by atoms with Gasteiger partial charge in [0.15, 0.2) is 0 Å². The van der Waals surface area contributed by atoms with Gasteiger partial charge in [-0.2, -0.15) is 9.40 Å². The van der Waals surface area contributed by atoms with Crippen molar-refractivity contribution in [3.05, 3.63) is 41.0 Å². The molecule has 1 atom stereocenters. The summed E-state index contributed by atoms with van der Waals surface area (Å²) in [6.45, 7) is 5.25. The van der Waals surface area contributed by atoms with E-state index >= 15 is 0 Å². The molecule has 0 bridgehead atoms. The number of anilines is 1. The van der Waals surface area contributed by atoms with Crippen LogP contribution in [0.1, 0.15) is 36.5 Å². The minimum Gasteiger partial charge on any atom is -0.376 e. The van der Waals surface area contributed by atoms with Gasteiger partial charge in [-0.1, -0.05) is 18.5 Å². The Morgan fingerprint density at radius 3 is 2.58 bits per heavy atom. The van der Waals surface area contributed by atoms with Crippen LogP contribution in [0.2, 0.25) is 5.02 Å². The molecule has 2 aliphatic rings. The van der Waals surface area contributed by atoms with Crippen LogP contribution in [-0.4, -0.2) is 73.8 Å². The van der Waals surface area contributed by atoms with Gasteiger partial charge < -0.3 is 15.0 Å². The minimum absolute atomic E-state index is 0.0272. The van der Waals surface area contributed by atoms with Gasteiger partial charge in [0.25, 0.3) is 15.9 Å². The third kappa shape index (κ3) is 5.51. The molecule has 1 amide bonds. The zero-order valence-electron chi connectivity index (χ0n) is 18.7. The molecule has 1 aromatic heterocycles. The molecular weight excluding hydrogens is 466 g/mol. The molecule has 2 aliphatic heterocycles. The van der Waals surface area contributed by atoms with E-state index in [0.717, 1.165) is 24.9 Å². The van der Waals surface area contributed by atoms with Gasteiger partial charge >= 0.3 is 0 Å². The fourth-order valence-electron chi connectivity index (χ4n) is 4.16. The maximum atomic E-state index is 13.5. The highest BCUT2D eigenvalue weighted by atomic mass is 35.5. The second-order valence-corrected chi connectivity index (χ2v) is 10.6. The van der Waals surface area contributed by atoms with E-state index in [9.17, 15) is 13.2 Å². The lowest BCUT2D eigenvalue weighted by Gasteiger charge is -2.35. The van der Waals surface area contributed by atoms with Gasteiger partial charge in [-0.15, -0.1) is 0 Å². The highest BCUT2D eigenvalue weighted by Crippen LogP contribution is 2.24. The summed E-state index contributed by atoms with van der Waals surface area (Å²) in [7, 11) is -3.92. The number of carbonyl (C=O) groups excluding carboxylic acids is 1. The van der Waals surface area contributed by atoms with Crippen LogP contribution in [-0.2, 0) is 21.3 Å². The molecule has 33 heavy (non-hydrogen) atoms. The Morgan fingerprint density at radius 1 is 1.21 bits per heavy atom. The standard InChI is InChI=1S/C22H30ClN5O4S/c1-2-9-27-16-20(21(29)24-15-19-4-3-14-32-19)22(25-27)33(30,31)28-12-10-26(11-13-28)18-7-5-17(23)6-8-18/h5-8,16,19H,2-4,9-15H2,1H3,(H,24,29)/t19-/m0/s1. The van der Waals surface area contributed by atoms with Crippen molar-refractivity contribution < 1.29 is 17.9 Å². The predicted octanol–water partition coefficient (Wildman–Crippen LogP) is 2.37. The maximum absolute atomic E-state index is 13.5. The summed E-state index contributed by atoms with van der Waals surface area (Å²) in [5.74, 6) is -0.439. The van der Waals surface area contributed by atoms with Crippen molar-refractivity contribution >= 4 is 33.2 Å². The number of sulfonamides is 1. The molecule has 0 radical (unpaired) electrons. The molecule has 9 nitrogen and oxygen atoms in total. The number of carbonyl (C=O) groups is 1. The number of aryl methyl sites for hydroxylation is 1. The molecule has 0 aliphatic carbocycles. The minimum atomic E-state index is -3.92. The first-order chi connectivity index (χ1) is 15.9. The third-order valence-electron chi connectivity index (χ3n) is 5.95. The molecule has 1 N–H and O–H groups in total. The number of benzene rings is 1. The monoisotopic (exact) mass is 495 g/mol. The topological polar surface area (TPSA) is 96.8 Å². The molecule has 11 heteroatoms. The summed E-state index contributed by atoms with van der Waals surface area (Å²) in [6.07, 6.45) is 4.14. The van der Waals surface area contributed by atoms with Crippen molar-refractivity contribution in [2.75, 3.05) is 44.2 Å². The number of rotatable bonds is 8. The zero-order valence-corrected chi connectivity index (χ0v) is 20.3. The Bertz CT molecular complexity index is 1060. The van der Waals surface area contributed by atoms with Crippen molar-refractivity contribution in [3.8, 4) is 0 Å². The van der Waals surface area contributed by atoms with Gasteiger partial charge in [0.2, 0.25) is 5.03 Å². The van der Waals surface area contributed by atoms with E-state index in [1.807, 2.05) is 31.2 Å². The molecule has 0 spiro atoms. The Balaban J connectivity index is 1.49. The van der Waals surface area contributed by atoms with Crippen LogP contribution in [0.5, 0.6) is 0 Å². The molecule has 0 saturated carbocycles. The second-order valence-electron chi connectivity index (χ2n) is 8.32. The fraction of sp³-hybridized carbons (Fsp3) is 0.545. The smallest absolute Gasteiger partial charge is 0.263 e. The first-order valence-corrected chi connectivity index (χ1v) is 13.2. The van der Waals surface area contributed by atoms with E-state index in [0.29, 0.717) is 50.9 Å². The molecule has 4 rings (SSSR count). The first kappa shape index (κ1) is 24.0. The summed E-state index contributed by atoms with van der Waals surface area (Å²) in [5, 5.41) is 7.61. The number of nitrogens with one attached hydrogen (secondary N) is 1. The van der Waals surface area contributed by atoms with Gasteiger partial charge in [0, 0.05) is 62.8 Å². The number of nitrogens with zero attached hydrogens (tertiary/aromatic N) is 4. The van der Waals surface area contributed by atoms with E-state index in [1.165, 1.54) is 15.2 Å². The van der Waals surface area contributed by atoms with Crippen molar-refractivity contribution in [1.82, 2.24) is 19.4 Å². The molecular formula is C22H30ClN5O4S. The zero-order chi connectivity index (χ0) is 23.4. The normalized spacial score (nSPS) is 19.7. The number of ether oxygens (including phenoxy) is 1. The lowest BCUT2D eigenvalue weighted by atomic mass is 10.2. The van der Waals surface area contributed by atoms with Gasteiger partial charge in [0.1, 0.15) is 0 Å². The highest BCUT2D eigenvalue weighted by Gasteiger charge is 2.35. The molecule has 2 saturated heterocycles. The van der Waals surface area contributed by atoms with Crippen molar-refractivity contribution in [2.45, 2.75) is 43.9 Å². The van der Waals surface area contributed by atoms with E-state index in [-0.39, 0.29) is 16.7 Å². The van der Waals surface area contributed by atoms with Crippen molar-refractivity contribution in [3.63, 3.8) is 0 Å². The van der Waals surface area contributed by atoms with E-state index < -0.39 is 15.9 Å². The van der Waals surface area contributed by atoms with Gasteiger partial charge in [-0.3, -0.25) is 9.48 Å². The Labute approximate surface area is 199 Å². The summed E-state index contributed by atoms with van der Waals surface area (Å²) >= 11 is 5.97. The first-order valence-electron chi connectivity index (χ1n) is 11.4.